The molecule has 1 fully saturated rings. The van der Waals surface area contributed by atoms with Crippen LogP contribution < -0.4 is 5.32 Å². The van der Waals surface area contributed by atoms with Crippen molar-refractivity contribution in [3.8, 4) is 0 Å². The number of aromatic nitrogens is 2. The second-order valence-corrected chi connectivity index (χ2v) is 8.69. The molecule has 0 saturated carbocycles. The van der Waals surface area contributed by atoms with Gasteiger partial charge in [-0.05, 0) is 31.0 Å². The number of amides is 1. The highest BCUT2D eigenvalue weighted by molar-refractivity contribution is 7.91. The molecule has 1 unspecified atom stereocenters. The second-order valence-electron chi connectivity index (χ2n) is 6.02. The van der Waals surface area contributed by atoms with Crippen LogP contribution in [0, 0.1) is 6.92 Å². The minimum atomic E-state index is -3.02. The summed E-state index contributed by atoms with van der Waals surface area (Å²) in [6.45, 7) is 1.81. The quantitative estimate of drug-likeness (QED) is 0.899. The van der Waals surface area contributed by atoms with Gasteiger partial charge in [-0.1, -0.05) is 23.7 Å². The number of benzene rings is 1. The topological polar surface area (TPSA) is 81.1 Å². The molecule has 128 valence electrons. The molecule has 2 heterocycles. The van der Waals surface area contributed by atoms with Gasteiger partial charge in [0.25, 0.3) is 0 Å². The smallest absolute Gasteiger partial charge is 0.229 e. The molecule has 2 aromatic rings. The van der Waals surface area contributed by atoms with E-state index in [4.69, 9.17) is 11.6 Å². The van der Waals surface area contributed by atoms with E-state index in [2.05, 4.69) is 10.4 Å². The van der Waals surface area contributed by atoms with Crippen molar-refractivity contribution in [2.75, 3.05) is 16.8 Å². The van der Waals surface area contributed by atoms with Crippen LogP contribution in [0.3, 0.4) is 0 Å². The average Bonchev–Trinajstić information content (AvgIpc) is 3.03. The van der Waals surface area contributed by atoms with E-state index in [-0.39, 0.29) is 29.9 Å². The van der Waals surface area contributed by atoms with Gasteiger partial charge >= 0.3 is 0 Å². The minimum absolute atomic E-state index is 0.0637. The molecule has 8 heteroatoms. The second kappa shape index (κ2) is 6.57. The molecule has 1 saturated heterocycles. The predicted octanol–water partition coefficient (Wildman–Crippen LogP) is 2.39. The highest BCUT2D eigenvalue weighted by atomic mass is 35.5. The number of anilines is 1. The van der Waals surface area contributed by atoms with E-state index >= 15 is 0 Å². The Labute approximate surface area is 145 Å². The number of halogens is 1. The number of nitrogens with one attached hydrogen (secondary N) is 1. The molecule has 1 aromatic heterocycles. The third kappa shape index (κ3) is 3.96. The van der Waals surface area contributed by atoms with Crippen LogP contribution in [0.2, 0.25) is 5.02 Å². The molecular formula is C16H18ClN3O3S. The summed E-state index contributed by atoms with van der Waals surface area (Å²) in [6.07, 6.45) is 0.730. The van der Waals surface area contributed by atoms with Crippen LogP contribution in [0.4, 0.5) is 5.82 Å². The Kier molecular flexibility index (Phi) is 4.64. The molecule has 0 radical (unpaired) electrons. The Morgan fingerprint density at radius 3 is 2.71 bits per heavy atom. The Morgan fingerprint density at radius 2 is 2.08 bits per heavy atom. The van der Waals surface area contributed by atoms with Crippen LogP contribution in [0.5, 0.6) is 0 Å². The van der Waals surface area contributed by atoms with Gasteiger partial charge in [-0.2, -0.15) is 5.10 Å². The SMILES string of the molecule is Cc1cc(NC(=O)Cc2ccc(Cl)cc2)n(C2CCS(=O)(=O)C2)n1. The monoisotopic (exact) mass is 367 g/mol. The lowest BCUT2D eigenvalue weighted by atomic mass is 10.1. The fraction of sp³-hybridized carbons (Fsp3) is 0.375. The normalized spacial score (nSPS) is 19.3. The first-order chi connectivity index (χ1) is 11.3. The van der Waals surface area contributed by atoms with Crippen molar-refractivity contribution in [2.45, 2.75) is 25.8 Å². The van der Waals surface area contributed by atoms with E-state index in [9.17, 15) is 13.2 Å². The highest BCUT2D eigenvalue weighted by Gasteiger charge is 2.31. The standard InChI is InChI=1S/C16H18ClN3O3S/c1-11-8-15(20(19-11)14-6-7-24(22,23)10-14)18-16(21)9-12-2-4-13(17)5-3-12/h2-5,8,14H,6-7,9-10H2,1H3,(H,18,21). The van der Waals surface area contributed by atoms with Crippen molar-refractivity contribution in [3.05, 3.63) is 46.6 Å². The summed E-state index contributed by atoms with van der Waals surface area (Å²) in [6, 6.07) is 8.60. The first-order valence-electron chi connectivity index (χ1n) is 7.63. The van der Waals surface area contributed by atoms with Crippen LogP contribution in [-0.2, 0) is 21.1 Å². The zero-order valence-electron chi connectivity index (χ0n) is 13.2. The predicted molar refractivity (Wildman–Crippen MR) is 93.1 cm³/mol. The fourth-order valence-electron chi connectivity index (χ4n) is 2.83. The zero-order chi connectivity index (χ0) is 17.3. The summed E-state index contributed by atoms with van der Waals surface area (Å²) in [5.41, 5.74) is 1.59. The van der Waals surface area contributed by atoms with E-state index in [0.29, 0.717) is 17.3 Å². The first-order valence-corrected chi connectivity index (χ1v) is 9.83. The Balaban J connectivity index is 1.73. The van der Waals surface area contributed by atoms with Crippen molar-refractivity contribution in [1.82, 2.24) is 9.78 Å². The molecule has 1 aromatic carbocycles. The maximum absolute atomic E-state index is 12.3. The minimum Gasteiger partial charge on any atom is -0.311 e. The van der Waals surface area contributed by atoms with E-state index in [1.54, 1.807) is 35.0 Å². The molecule has 24 heavy (non-hydrogen) atoms. The van der Waals surface area contributed by atoms with Gasteiger partial charge in [-0.15, -0.1) is 0 Å². The maximum Gasteiger partial charge on any atom is 0.229 e. The third-order valence-corrected chi connectivity index (χ3v) is 5.96. The summed E-state index contributed by atoms with van der Waals surface area (Å²) in [5, 5.41) is 7.80. The van der Waals surface area contributed by atoms with Gasteiger partial charge in [0.1, 0.15) is 5.82 Å². The lowest BCUT2D eigenvalue weighted by Crippen LogP contribution is -2.20. The van der Waals surface area contributed by atoms with Gasteiger partial charge in [0.05, 0.1) is 29.7 Å². The van der Waals surface area contributed by atoms with Crippen molar-refractivity contribution in [3.63, 3.8) is 0 Å². The molecule has 1 aliphatic heterocycles. The molecule has 0 spiro atoms. The molecule has 0 aliphatic carbocycles. The van der Waals surface area contributed by atoms with E-state index in [0.717, 1.165) is 11.3 Å². The van der Waals surface area contributed by atoms with Crippen LogP contribution in [0.15, 0.2) is 30.3 Å². The zero-order valence-corrected chi connectivity index (χ0v) is 14.8. The van der Waals surface area contributed by atoms with Gasteiger partial charge in [-0.25, -0.2) is 13.1 Å². The number of carbonyl (C=O) groups excluding carboxylic acids is 1. The molecule has 1 N–H and O–H groups in total. The molecule has 6 nitrogen and oxygen atoms in total. The molecule has 1 amide bonds. The number of sulfone groups is 1. The number of carbonyl (C=O) groups is 1. The van der Waals surface area contributed by atoms with Gasteiger partial charge in [-0.3, -0.25) is 4.79 Å². The average molecular weight is 368 g/mol. The van der Waals surface area contributed by atoms with E-state index in [1.165, 1.54) is 0 Å². The first kappa shape index (κ1) is 17.0. The summed E-state index contributed by atoms with van der Waals surface area (Å²) in [5.74, 6) is 0.580. The van der Waals surface area contributed by atoms with E-state index < -0.39 is 9.84 Å². The van der Waals surface area contributed by atoms with Crippen molar-refractivity contribution in [2.24, 2.45) is 0 Å². The maximum atomic E-state index is 12.3. The molecule has 0 bridgehead atoms. The van der Waals surface area contributed by atoms with Gasteiger partial charge in [0.2, 0.25) is 5.91 Å². The summed E-state index contributed by atoms with van der Waals surface area (Å²) in [7, 11) is -3.02. The third-order valence-electron chi connectivity index (χ3n) is 3.96. The van der Waals surface area contributed by atoms with Gasteiger partial charge in [0.15, 0.2) is 9.84 Å². The number of hydrogen-bond acceptors (Lipinski definition) is 4. The Morgan fingerprint density at radius 1 is 1.38 bits per heavy atom. The number of aryl methyl sites for hydroxylation is 1. The van der Waals surface area contributed by atoms with Crippen molar-refractivity contribution in [1.29, 1.82) is 0 Å². The van der Waals surface area contributed by atoms with Gasteiger partial charge in [0, 0.05) is 11.1 Å². The molecule has 1 atom stereocenters. The largest absolute Gasteiger partial charge is 0.311 e. The molecular weight excluding hydrogens is 350 g/mol. The summed E-state index contributed by atoms with van der Waals surface area (Å²) >= 11 is 5.84. The summed E-state index contributed by atoms with van der Waals surface area (Å²) < 4.78 is 25.0. The Bertz CT molecular complexity index is 859. The van der Waals surface area contributed by atoms with E-state index in [1.807, 2.05) is 6.92 Å². The van der Waals surface area contributed by atoms with Crippen LogP contribution >= 0.6 is 11.6 Å². The van der Waals surface area contributed by atoms with Crippen LogP contribution in [0.25, 0.3) is 0 Å². The number of nitrogens with zero attached hydrogens (tertiary/aromatic N) is 2. The lowest BCUT2D eigenvalue weighted by Gasteiger charge is -2.13. The molecule has 1 aliphatic rings. The van der Waals surface area contributed by atoms with Crippen LogP contribution in [0.1, 0.15) is 23.7 Å². The number of rotatable bonds is 4. The van der Waals surface area contributed by atoms with Gasteiger partial charge < -0.3 is 5.32 Å². The lowest BCUT2D eigenvalue weighted by molar-refractivity contribution is -0.115. The van der Waals surface area contributed by atoms with Crippen LogP contribution in [-0.4, -0.2) is 35.6 Å². The van der Waals surface area contributed by atoms with Crippen molar-refractivity contribution < 1.29 is 13.2 Å². The van der Waals surface area contributed by atoms with Crippen molar-refractivity contribution >= 4 is 33.2 Å². The summed E-state index contributed by atoms with van der Waals surface area (Å²) in [4.78, 5) is 12.3. The number of hydrogen-bond donors (Lipinski definition) is 1. The fourth-order valence-corrected chi connectivity index (χ4v) is 4.65. The molecule has 3 rings (SSSR count). The highest BCUT2D eigenvalue weighted by Crippen LogP contribution is 2.27. The Hall–Kier alpha value is -1.86.